The molecule has 1 atom stereocenters. The van der Waals surface area contributed by atoms with E-state index >= 15 is 0 Å². The first kappa shape index (κ1) is 15.8. The van der Waals surface area contributed by atoms with Gasteiger partial charge in [-0.05, 0) is 43.9 Å². The number of amides is 1. The Balaban J connectivity index is 2.03. The molecule has 1 aliphatic heterocycles. The molecule has 4 heteroatoms. The molecule has 0 saturated carbocycles. The van der Waals surface area contributed by atoms with Crippen LogP contribution in [0.3, 0.4) is 0 Å². The smallest absolute Gasteiger partial charge is 0.255 e. The summed E-state index contributed by atoms with van der Waals surface area (Å²) < 4.78 is 5.28. The molecule has 2 rings (SSSR count). The van der Waals surface area contributed by atoms with E-state index < -0.39 is 0 Å². The van der Waals surface area contributed by atoms with Gasteiger partial charge in [0.2, 0.25) is 0 Å². The van der Waals surface area contributed by atoms with E-state index in [1.807, 2.05) is 25.1 Å². The summed E-state index contributed by atoms with van der Waals surface area (Å²) in [7, 11) is 1.59. The second kappa shape index (κ2) is 6.48. The van der Waals surface area contributed by atoms with Crippen molar-refractivity contribution < 1.29 is 9.53 Å². The second-order valence-corrected chi connectivity index (χ2v) is 6.51. The monoisotopic (exact) mass is 290 g/mol. The maximum atomic E-state index is 12.4. The first-order chi connectivity index (χ1) is 9.94. The lowest BCUT2D eigenvalue weighted by atomic mass is 9.77. The Morgan fingerprint density at radius 1 is 1.48 bits per heavy atom. The van der Waals surface area contributed by atoms with Gasteiger partial charge in [0.05, 0.1) is 12.7 Å². The Hall–Kier alpha value is -1.55. The van der Waals surface area contributed by atoms with Gasteiger partial charge in [-0.2, -0.15) is 0 Å². The van der Waals surface area contributed by atoms with Crippen LogP contribution in [0.1, 0.15) is 42.6 Å². The van der Waals surface area contributed by atoms with E-state index in [9.17, 15) is 4.79 Å². The van der Waals surface area contributed by atoms with Crippen molar-refractivity contribution in [3.8, 4) is 5.75 Å². The van der Waals surface area contributed by atoms with Crippen molar-refractivity contribution in [2.75, 3.05) is 20.2 Å². The van der Waals surface area contributed by atoms with E-state index in [4.69, 9.17) is 4.74 Å². The van der Waals surface area contributed by atoms with Crippen LogP contribution in [0.2, 0.25) is 0 Å². The van der Waals surface area contributed by atoms with E-state index in [0.29, 0.717) is 23.9 Å². The van der Waals surface area contributed by atoms with Gasteiger partial charge in [0.15, 0.2) is 0 Å². The fourth-order valence-electron chi connectivity index (χ4n) is 2.91. The van der Waals surface area contributed by atoms with E-state index in [2.05, 4.69) is 24.5 Å². The quantitative estimate of drug-likeness (QED) is 0.896. The lowest BCUT2D eigenvalue weighted by Crippen LogP contribution is -2.52. The maximum Gasteiger partial charge on any atom is 0.255 e. The number of methoxy groups -OCH3 is 1. The minimum Gasteiger partial charge on any atom is -0.496 e. The van der Waals surface area contributed by atoms with Crippen LogP contribution in [0.25, 0.3) is 0 Å². The molecule has 0 radical (unpaired) electrons. The average Bonchev–Trinajstić information content (AvgIpc) is 2.45. The van der Waals surface area contributed by atoms with E-state index in [1.165, 1.54) is 12.8 Å². The summed E-state index contributed by atoms with van der Waals surface area (Å²) in [6, 6.07) is 5.97. The molecule has 0 spiro atoms. The van der Waals surface area contributed by atoms with Gasteiger partial charge in [0.25, 0.3) is 5.91 Å². The minimum absolute atomic E-state index is 0.0706. The number of benzene rings is 1. The topological polar surface area (TPSA) is 50.4 Å². The van der Waals surface area contributed by atoms with Crippen molar-refractivity contribution >= 4 is 5.91 Å². The molecule has 1 unspecified atom stereocenters. The molecule has 1 aromatic carbocycles. The predicted molar refractivity (Wildman–Crippen MR) is 84.9 cm³/mol. The molecule has 2 N–H and O–H groups in total. The third kappa shape index (κ3) is 3.76. The first-order valence-corrected chi connectivity index (χ1v) is 7.60. The van der Waals surface area contributed by atoms with Crippen LogP contribution >= 0.6 is 0 Å². The highest BCUT2D eigenvalue weighted by atomic mass is 16.5. The highest BCUT2D eigenvalue weighted by Gasteiger charge is 2.32. The zero-order valence-corrected chi connectivity index (χ0v) is 13.5. The maximum absolute atomic E-state index is 12.4. The Kier molecular flexibility index (Phi) is 4.88. The normalized spacial score (nSPS) is 20.9. The fourth-order valence-corrected chi connectivity index (χ4v) is 2.91. The van der Waals surface area contributed by atoms with Gasteiger partial charge in [0.1, 0.15) is 5.75 Å². The van der Waals surface area contributed by atoms with Crippen LogP contribution in [-0.2, 0) is 0 Å². The minimum atomic E-state index is -0.0706. The molecule has 1 heterocycles. The number of aryl methyl sites for hydroxylation is 1. The van der Waals surface area contributed by atoms with Crippen molar-refractivity contribution in [2.45, 2.75) is 39.7 Å². The summed E-state index contributed by atoms with van der Waals surface area (Å²) in [5.74, 6) is 0.549. The summed E-state index contributed by atoms with van der Waals surface area (Å²) in [5.41, 5.74) is 1.87. The van der Waals surface area contributed by atoms with Crippen molar-refractivity contribution in [3.05, 3.63) is 29.3 Å². The van der Waals surface area contributed by atoms with Crippen LogP contribution in [0.15, 0.2) is 18.2 Å². The number of rotatable bonds is 4. The van der Waals surface area contributed by atoms with E-state index in [-0.39, 0.29) is 11.3 Å². The molecule has 4 nitrogen and oxygen atoms in total. The van der Waals surface area contributed by atoms with Crippen molar-refractivity contribution in [1.82, 2.24) is 10.6 Å². The molecule has 21 heavy (non-hydrogen) atoms. The van der Waals surface area contributed by atoms with E-state index in [1.54, 1.807) is 7.11 Å². The summed E-state index contributed by atoms with van der Waals surface area (Å²) in [4.78, 5) is 12.4. The lowest BCUT2D eigenvalue weighted by Gasteiger charge is -2.39. The average molecular weight is 290 g/mol. The van der Waals surface area contributed by atoms with Gasteiger partial charge in [-0.15, -0.1) is 0 Å². The second-order valence-electron chi connectivity index (χ2n) is 6.51. The molecule has 1 fully saturated rings. The van der Waals surface area contributed by atoms with Crippen molar-refractivity contribution in [3.63, 3.8) is 0 Å². The molecule has 0 aliphatic carbocycles. The summed E-state index contributed by atoms with van der Waals surface area (Å²) >= 11 is 0. The van der Waals surface area contributed by atoms with Gasteiger partial charge in [-0.25, -0.2) is 0 Å². The van der Waals surface area contributed by atoms with Crippen LogP contribution in [-0.4, -0.2) is 32.1 Å². The van der Waals surface area contributed by atoms with Gasteiger partial charge in [-0.1, -0.05) is 25.5 Å². The molecule has 0 aromatic heterocycles. The number of piperidine rings is 1. The number of ether oxygens (including phenoxy) is 1. The summed E-state index contributed by atoms with van der Waals surface area (Å²) in [6.07, 6.45) is 2.39. The zero-order chi connectivity index (χ0) is 15.5. The first-order valence-electron chi connectivity index (χ1n) is 7.60. The van der Waals surface area contributed by atoms with Gasteiger partial charge < -0.3 is 15.4 Å². The van der Waals surface area contributed by atoms with Crippen molar-refractivity contribution in [1.29, 1.82) is 0 Å². The van der Waals surface area contributed by atoms with Crippen LogP contribution in [0.5, 0.6) is 5.75 Å². The number of hydrogen-bond acceptors (Lipinski definition) is 3. The number of carbonyl (C=O) groups excluding carboxylic acids is 1. The molecular formula is C17H26N2O2. The molecule has 116 valence electrons. The largest absolute Gasteiger partial charge is 0.496 e. The zero-order valence-electron chi connectivity index (χ0n) is 13.5. The van der Waals surface area contributed by atoms with Crippen LogP contribution in [0, 0.1) is 12.3 Å². The summed E-state index contributed by atoms with van der Waals surface area (Å²) in [6.45, 7) is 8.15. The Morgan fingerprint density at radius 2 is 2.24 bits per heavy atom. The van der Waals surface area contributed by atoms with E-state index in [0.717, 1.165) is 12.1 Å². The molecule has 1 saturated heterocycles. The Labute approximate surface area is 127 Å². The fraction of sp³-hybridized carbons (Fsp3) is 0.588. The van der Waals surface area contributed by atoms with Crippen molar-refractivity contribution in [2.24, 2.45) is 5.41 Å². The number of hydrogen-bond donors (Lipinski definition) is 2. The lowest BCUT2D eigenvalue weighted by molar-refractivity contribution is 0.0926. The van der Waals surface area contributed by atoms with Crippen LogP contribution < -0.4 is 15.4 Å². The van der Waals surface area contributed by atoms with Gasteiger partial charge in [-0.3, -0.25) is 4.79 Å². The van der Waals surface area contributed by atoms with Crippen LogP contribution in [0.4, 0.5) is 0 Å². The predicted octanol–water partition coefficient (Wildman–Crippen LogP) is 2.51. The third-order valence-corrected chi connectivity index (χ3v) is 4.40. The number of carbonyl (C=O) groups is 1. The summed E-state index contributed by atoms with van der Waals surface area (Å²) in [5, 5.41) is 6.55. The molecule has 1 amide bonds. The third-order valence-electron chi connectivity index (χ3n) is 4.40. The van der Waals surface area contributed by atoms with Gasteiger partial charge in [0, 0.05) is 12.6 Å². The Morgan fingerprint density at radius 3 is 2.90 bits per heavy atom. The highest BCUT2D eigenvalue weighted by molar-refractivity contribution is 5.97. The Bertz CT molecular complexity index is 512. The SMILES string of the molecule is COc1ccc(C)cc1C(=O)NCC1NCCCC1(C)C. The molecule has 0 bridgehead atoms. The molecular weight excluding hydrogens is 264 g/mol. The standard InChI is InChI=1S/C17H26N2O2/c1-12-6-7-14(21-4)13(10-12)16(20)19-11-15-17(2,3)8-5-9-18-15/h6-7,10,15,18H,5,8-9,11H2,1-4H3,(H,19,20). The number of nitrogens with one attached hydrogen (secondary N) is 2. The van der Waals surface area contributed by atoms with Gasteiger partial charge >= 0.3 is 0 Å². The molecule has 1 aliphatic rings. The molecule has 1 aromatic rings. The highest BCUT2D eigenvalue weighted by Crippen LogP contribution is 2.29.